The minimum Gasteiger partial charge on any atom is -0.462 e. The molecule has 0 atom stereocenters. The first-order valence-electron chi connectivity index (χ1n) is 8.09. The highest BCUT2D eigenvalue weighted by Crippen LogP contribution is 2.28. The van der Waals surface area contributed by atoms with Crippen molar-refractivity contribution in [1.29, 1.82) is 0 Å². The Morgan fingerprint density at radius 2 is 2.00 bits per heavy atom. The molecule has 3 rings (SSSR count). The molecule has 0 radical (unpaired) electrons. The van der Waals surface area contributed by atoms with Crippen molar-refractivity contribution in [1.82, 2.24) is 5.32 Å². The second-order valence-electron chi connectivity index (χ2n) is 5.70. The molecule has 1 aliphatic heterocycles. The number of unbranched alkanes of at least 4 members (excludes halogenated alkanes) is 1. The summed E-state index contributed by atoms with van der Waals surface area (Å²) in [5.74, 6) is 1.35. The molecular formula is C19H20N2O2S. The van der Waals surface area contributed by atoms with Crippen LogP contribution < -0.4 is 5.32 Å². The molecule has 1 aromatic heterocycles. The van der Waals surface area contributed by atoms with E-state index < -0.39 is 0 Å². The molecule has 0 spiro atoms. The molecule has 0 bridgehead atoms. The van der Waals surface area contributed by atoms with Gasteiger partial charge in [-0.25, -0.2) is 4.99 Å². The van der Waals surface area contributed by atoms with Crippen LogP contribution in [0.5, 0.6) is 0 Å². The molecule has 1 N–H and O–H groups in total. The van der Waals surface area contributed by atoms with Gasteiger partial charge >= 0.3 is 0 Å². The predicted octanol–water partition coefficient (Wildman–Crippen LogP) is 4.82. The molecule has 1 amide bonds. The third-order valence-corrected chi connectivity index (χ3v) is 4.58. The van der Waals surface area contributed by atoms with Crippen molar-refractivity contribution in [2.45, 2.75) is 33.1 Å². The number of nitrogens with one attached hydrogen (secondary N) is 1. The maximum Gasteiger partial charge on any atom is 0.264 e. The first-order valence-corrected chi connectivity index (χ1v) is 8.90. The molecule has 1 aromatic carbocycles. The van der Waals surface area contributed by atoms with Crippen molar-refractivity contribution >= 4 is 34.6 Å². The zero-order chi connectivity index (χ0) is 16.9. The number of hydrogen-bond acceptors (Lipinski definition) is 4. The maximum atomic E-state index is 12.0. The van der Waals surface area contributed by atoms with Crippen molar-refractivity contribution in [3.05, 3.63) is 58.4 Å². The van der Waals surface area contributed by atoms with E-state index >= 15 is 0 Å². The fourth-order valence-electron chi connectivity index (χ4n) is 2.38. The number of furan rings is 1. The molecule has 1 fully saturated rings. The van der Waals surface area contributed by atoms with Crippen LogP contribution in [0.15, 0.2) is 50.7 Å². The highest BCUT2D eigenvalue weighted by molar-refractivity contribution is 8.18. The van der Waals surface area contributed by atoms with Gasteiger partial charge in [0.25, 0.3) is 5.91 Å². The summed E-state index contributed by atoms with van der Waals surface area (Å²) >= 11 is 1.33. The number of amides is 1. The van der Waals surface area contributed by atoms with Gasteiger partial charge in [0.2, 0.25) is 0 Å². The molecule has 4 nitrogen and oxygen atoms in total. The van der Waals surface area contributed by atoms with E-state index in [1.807, 2.05) is 31.2 Å². The number of nitrogens with zero attached hydrogens (tertiary/aromatic N) is 1. The Morgan fingerprint density at radius 1 is 1.21 bits per heavy atom. The van der Waals surface area contributed by atoms with Crippen molar-refractivity contribution in [2.24, 2.45) is 4.99 Å². The molecule has 2 heterocycles. The van der Waals surface area contributed by atoms with Gasteiger partial charge in [-0.15, -0.1) is 0 Å². The average Bonchev–Trinajstić information content (AvgIpc) is 3.13. The Bertz CT molecular complexity index is 788. The average molecular weight is 340 g/mol. The minimum absolute atomic E-state index is 0.146. The van der Waals surface area contributed by atoms with E-state index in [1.54, 1.807) is 6.08 Å². The fraction of sp³-hybridized carbons (Fsp3) is 0.263. The SMILES string of the molecule is CCCCc1ccc(N=C2NC(=O)/C(=C\c3ccc(C)o3)S2)cc1. The van der Waals surface area contributed by atoms with Gasteiger partial charge in [-0.2, -0.15) is 0 Å². The normalized spacial score (nSPS) is 17.7. The van der Waals surface area contributed by atoms with Gasteiger partial charge in [0.15, 0.2) is 5.17 Å². The molecular weight excluding hydrogens is 320 g/mol. The van der Waals surface area contributed by atoms with Crippen LogP contribution in [0.3, 0.4) is 0 Å². The van der Waals surface area contributed by atoms with Crippen LogP contribution in [0.1, 0.15) is 36.8 Å². The standard InChI is InChI=1S/C19H20N2O2S/c1-3-4-5-14-7-9-15(10-8-14)20-19-21-18(22)17(24-19)12-16-11-6-13(2)23-16/h6-12H,3-5H2,1-2H3,(H,20,21,22)/b17-12+. The summed E-state index contributed by atoms with van der Waals surface area (Å²) in [6.07, 6.45) is 5.22. The number of amidine groups is 1. The van der Waals surface area contributed by atoms with Crippen LogP contribution in [0.25, 0.3) is 6.08 Å². The van der Waals surface area contributed by atoms with Crippen molar-refractivity contribution < 1.29 is 9.21 Å². The number of carbonyl (C=O) groups is 1. The van der Waals surface area contributed by atoms with Gasteiger partial charge in [0.05, 0.1) is 10.6 Å². The lowest BCUT2D eigenvalue weighted by Crippen LogP contribution is -2.19. The molecule has 0 unspecified atom stereocenters. The largest absolute Gasteiger partial charge is 0.462 e. The van der Waals surface area contributed by atoms with Gasteiger partial charge in [-0.1, -0.05) is 25.5 Å². The predicted molar refractivity (Wildman–Crippen MR) is 99.3 cm³/mol. The van der Waals surface area contributed by atoms with E-state index in [1.165, 1.54) is 30.2 Å². The summed E-state index contributed by atoms with van der Waals surface area (Å²) in [6.45, 7) is 4.07. The van der Waals surface area contributed by atoms with E-state index in [4.69, 9.17) is 4.42 Å². The molecule has 24 heavy (non-hydrogen) atoms. The first-order chi connectivity index (χ1) is 11.6. The quantitative estimate of drug-likeness (QED) is 0.794. The van der Waals surface area contributed by atoms with Crippen LogP contribution in [0.2, 0.25) is 0 Å². The zero-order valence-electron chi connectivity index (χ0n) is 13.8. The number of benzene rings is 1. The molecule has 1 saturated heterocycles. The first kappa shape index (κ1) is 16.6. The number of rotatable bonds is 5. The number of aryl methyl sites for hydroxylation is 2. The third kappa shape index (κ3) is 4.17. The number of carbonyl (C=O) groups excluding carboxylic acids is 1. The Balaban J connectivity index is 1.70. The molecule has 0 saturated carbocycles. The Kier molecular flexibility index (Phi) is 5.20. The maximum absolute atomic E-state index is 12.0. The van der Waals surface area contributed by atoms with E-state index in [2.05, 4.69) is 29.4 Å². The van der Waals surface area contributed by atoms with Gasteiger partial charge in [-0.05, 0) is 61.4 Å². The van der Waals surface area contributed by atoms with Crippen LogP contribution in [0.4, 0.5) is 5.69 Å². The van der Waals surface area contributed by atoms with Gasteiger partial charge in [0.1, 0.15) is 11.5 Å². The van der Waals surface area contributed by atoms with Crippen LogP contribution >= 0.6 is 11.8 Å². The summed E-state index contributed by atoms with van der Waals surface area (Å²) in [7, 11) is 0. The van der Waals surface area contributed by atoms with Crippen LogP contribution in [-0.2, 0) is 11.2 Å². The lowest BCUT2D eigenvalue weighted by molar-refractivity contribution is -0.115. The second-order valence-corrected chi connectivity index (χ2v) is 6.73. The summed E-state index contributed by atoms with van der Waals surface area (Å²) in [4.78, 5) is 17.1. The second kappa shape index (κ2) is 7.53. The monoisotopic (exact) mass is 340 g/mol. The van der Waals surface area contributed by atoms with Crippen LogP contribution in [0, 0.1) is 6.92 Å². The topological polar surface area (TPSA) is 54.6 Å². The molecule has 124 valence electrons. The smallest absolute Gasteiger partial charge is 0.264 e. The Labute approximate surface area is 146 Å². The van der Waals surface area contributed by atoms with E-state index in [0.717, 1.165) is 17.9 Å². The van der Waals surface area contributed by atoms with Crippen LogP contribution in [-0.4, -0.2) is 11.1 Å². The fourth-order valence-corrected chi connectivity index (χ4v) is 3.20. The summed E-state index contributed by atoms with van der Waals surface area (Å²) < 4.78 is 5.48. The minimum atomic E-state index is -0.146. The lowest BCUT2D eigenvalue weighted by atomic mass is 10.1. The Morgan fingerprint density at radius 3 is 2.67 bits per heavy atom. The van der Waals surface area contributed by atoms with E-state index in [0.29, 0.717) is 15.8 Å². The van der Waals surface area contributed by atoms with Crippen molar-refractivity contribution in [3.8, 4) is 0 Å². The number of hydrogen-bond donors (Lipinski definition) is 1. The van der Waals surface area contributed by atoms with Gasteiger partial charge in [0, 0.05) is 6.08 Å². The summed E-state index contributed by atoms with van der Waals surface area (Å²) in [5.41, 5.74) is 2.16. The third-order valence-electron chi connectivity index (χ3n) is 3.67. The number of thioether (sulfide) groups is 1. The van der Waals surface area contributed by atoms with Crippen molar-refractivity contribution in [3.63, 3.8) is 0 Å². The molecule has 0 aliphatic carbocycles. The summed E-state index contributed by atoms with van der Waals surface area (Å²) in [5, 5.41) is 3.39. The lowest BCUT2D eigenvalue weighted by Gasteiger charge is -2.01. The van der Waals surface area contributed by atoms with Gasteiger partial charge < -0.3 is 9.73 Å². The van der Waals surface area contributed by atoms with Gasteiger partial charge in [-0.3, -0.25) is 4.79 Å². The Hall–Kier alpha value is -2.27. The number of aliphatic imine (C=N–C) groups is 1. The summed E-state index contributed by atoms with van der Waals surface area (Å²) in [6, 6.07) is 11.9. The van der Waals surface area contributed by atoms with Crippen molar-refractivity contribution in [2.75, 3.05) is 0 Å². The van der Waals surface area contributed by atoms with E-state index in [-0.39, 0.29) is 5.91 Å². The molecule has 2 aromatic rings. The highest BCUT2D eigenvalue weighted by Gasteiger charge is 2.24. The highest BCUT2D eigenvalue weighted by atomic mass is 32.2. The van der Waals surface area contributed by atoms with E-state index in [9.17, 15) is 4.79 Å². The molecule has 1 aliphatic rings. The zero-order valence-corrected chi connectivity index (χ0v) is 14.7. The molecule has 5 heteroatoms.